The molecule has 0 aromatic heterocycles. The normalized spacial score (nSPS) is 10.0. The monoisotopic (exact) mass is 342 g/mol. The summed E-state index contributed by atoms with van der Waals surface area (Å²) in [6.45, 7) is 1.45. The second-order valence-electron chi connectivity index (χ2n) is 2.30. The van der Waals surface area contributed by atoms with Crippen LogP contribution in [0.2, 0.25) is 0 Å². The van der Waals surface area contributed by atoms with Crippen LogP contribution < -0.4 is 0 Å². The lowest BCUT2D eigenvalue weighted by Gasteiger charge is -2.01. The summed E-state index contributed by atoms with van der Waals surface area (Å²) in [7, 11) is 0. The standard InChI is InChI=1S/C8H5BrFIO/c1-4(12)5-2-8(11)7(10)3-6(5)9/h2-3H,1H3. The highest BCUT2D eigenvalue weighted by molar-refractivity contribution is 14.1. The van der Waals surface area contributed by atoms with Crippen molar-refractivity contribution in [1.82, 2.24) is 0 Å². The Morgan fingerprint density at radius 1 is 1.58 bits per heavy atom. The van der Waals surface area contributed by atoms with Gasteiger partial charge in [-0.05, 0) is 57.6 Å². The van der Waals surface area contributed by atoms with E-state index in [1.54, 1.807) is 0 Å². The summed E-state index contributed by atoms with van der Waals surface area (Å²) in [6.07, 6.45) is 0. The van der Waals surface area contributed by atoms with Crippen LogP contribution in [0.1, 0.15) is 17.3 Å². The van der Waals surface area contributed by atoms with Gasteiger partial charge in [-0.25, -0.2) is 4.39 Å². The van der Waals surface area contributed by atoms with E-state index in [0.717, 1.165) is 0 Å². The smallest absolute Gasteiger partial charge is 0.160 e. The molecule has 0 unspecified atom stereocenters. The van der Waals surface area contributed by atoms with Crippen LogP contribution in [-0.4, -0.2) is 5.78 Å². The topological polar surface area (TPSA) is 17.1 Å². The molecule has 0 saturated carbocycles. The van der Waals surface area contributed by atoms with Crippen LogP contribution in [0.5, 0.6) is 0 Å². The Hall–Kier alpha value is 0.0300. The summed E-state index contributed by atoms with van der Waals surface area (Å²) in [5.74, 6) is -0.382. The van der Waals surface area contributed by atoms with E-state index < -0.39 is 0 Å². The minimum atomic E-state index is -0.313. The Bertz CT molecular complexity index is 338. The van der Waals surface area contributed by atoms with Gasteiger partial charge >= 0.3 is 0 Å². The molecule has 0 fully saturated rings. The summed E-state index contributed by atoms with van der Waals surface area (Å²) >= 11 is 4.97. The van der Waals surface area contributed by atoms with Crippen molar-refractivity contribution in [2.75, 3.05) is 0 Å². The number of ketones is 1. The number of Topliss-reactive ketones (excluding diaryl/α,β-unsaturated/α-hetero) is 1. The minimum absolute atomic E-state index is 0.0696. The fourth-order valence-electron chi connectivity index (χ4n) is 0.792. The Labute approximate surface area is 91.6 Å². The van der Waals surface area contributed by atoms with Crippen molar-refractivity contribution in [3.8, 4) is 0 Å². The van der Waals surface area contributed by atoms with Crippen LogP contribution >= 0.6 is 38.5 Å². The van der Waals surface area contributed by atoms with Gasteiger partial charge in [0.25, 0.3) is 0 Å². The molecule has 0 spiro atoms. The van der Waals surface area contributed by atoms with Crippen molar-refractivity contribution < 1.29 is 9.18 Å². The Morgan fingerprint density at radius 3 is 2.67 bits per heavy atom. The molecule has 0 bridgehead atoms. The lowest BCUT2D eigenvalue weighted by atomic mass is 10.1. The molecule has 4 heteroatoms. The summed E-state index contributed by atoms with van der Waals surface area (Å²) in [5, 5.41) is 0. The lowest BCUT2D eigenvalue weighted by molar-refractivity contribution is 0.101. The molecule has 0 heterocycles. The van der Waals surface area contributed by atoms with Crippen LogP contribution in [0.25, 0.3) is 0 Å². The molecule has 0 atom stereocenters. The summed E-state index contributed by atoms with van der Waals surface area (Å²) < 4.78 is 13.8. The summed E-state index contributed by atoms with van der Waals surface area (Å²) in [6, 6.07) is 2.83. The molecular weight excluding hydrogens is 338 g/mol. The molecule has 1 aromatic carbocycles. The summed E-state index contributed by atoms with van der Waals surface area (Å²) in [5.41, 5.74) is 0.515. The average molecular weight is 343 g/mol. The number of halogens is 3. The average Bonchev–Trinajstić information content (AvgIpc) is 1.96. The quantitative estimate of drug-likeness (QED) is 0.434. The number of benzene rings is 1. The zero-order valence-electron chi connectivity index (χ0n) is 6.20. The van der Waals surface area contributed by atoms with Crippen molar-refractivity contribution in [2.45, 2.75) is 6.92 Å². The maximum atomic E-state index is 12.9. The van der Waals surface area contributed by atoms with E-state index in [9.17, 15) is 9.18 Å². The van der Waals surface area contributed by atoms with Crippen LogP contribution in [-0.2, 0) is 0 Å². The third-order valence-corrected chi connectivity index (χ3v) is 2.87. The fraction of sp³-hybridized carbons (Fsp3) is 0.125. The highest BCUT2D eigenvalue weighted by Crippen LogP contribution is 2.22. The van der Waals surface area contributed by atoms with Gasteiger partial charge in [0.15, 0.2) is 5.78 Å². The Morgan fingerprint density at radius 2 is 2.17 bits per heavy atom. The highest BCUT2D eigenvalue weighted by Gasteiger charge is 2.09. The second kappa shape index (κ2) is 3.83. The molecule has 0 radical (unpaired) electrons. The zero-order valence-corrected chi connectivity index (χ0v) is 9.94. The molecule has 0 N–H and O–H groups in total. The van der Waals surface area contributed by atoms with Gasteiger partial charge in [-0.15, -0.1) is 0 Å². The predicted octanol–water partition coefficient (Wildman–Crippen LogP) is 3.40. The van der Waals surface area contributed by atoms with Gasteiger partial charge in [0, 0.05) is 13.6 Å². The van der Waals surface area contributed by atoms with Crippen LogP contribution in [0.15, 0.2) is 16.6 Å². The molecule has 12 heavy (non-hydrogen) atoms. The minimum Gasteiger partial charge on any atom is -0.294 e. The molecule has 0 aliphatic heterocycles. The van der Waals surface area contributed by atoms with Crippen molar-refractivity contribution in [2.24, 2.45) is 0 Å². The largest absolute Gasteiger partial charge is 0.294 e. The van der Waals surface area contributed by atoms with Crippen LogP contribution in [0.4, 0.5) is 4.39 Å². The Kier molecular flexibility index (Phi) is 3.22. The zero-order chi connectivity index (χ0) is 9.30. The van der Waals surface area contributed by atoms with Crippen LogP contribution in [0.3, 0.4) is 0 Å². The first-order valence-corrected chi connectivity index (χ1v) is 5.05. The van der Waals surface area contributed by atoms with Gasteiger partial charge in [0.2, 0.25) is 0 Å². The van der Waals surface area contributed by atoms with E-state index in [1.165, 1.54) is 19.1 Å². The number of hydrogen-bond donors (Lipinski definition) is 0. The SMILES string of the molecule is CC(=O)c1cc(I)c(F)cc1Br. The maximum Gasteiger partial charge on any atom is 0.160 e. The molecule has 0 saturated heterocycles. The van der Waals surface area contributed by atoms with Crippen molar-refractivity contribution in [3.05, 3.63) is 31.6 Å². The highest BCUT2D eigenvalue weighted by atomic mass is 127. The number of hydrogen-bond acceptors (Lipinski definition) is 1. The number of carbonyl (C=O) groups excluding carboxylic acids is 1. The van der Waals surface area contributed by atoms with Gasteiger partial charge in [-0.3, -0.25) is 4.79 Å². The van der Waals surface area contributed by atoms with Crippen molar-refractivity contribution >= 4 is 44.3 Å². The molecule has 1 aromatic rings. The van der Waals surface area contributed by atoms with E-state index in [4.69, 9.17) is 0 Å². The molecule has 0 aliphatic carbocycles. The lowest BCUT2D eigenvalue weighted by Crippen LogP contribution is -1.96. The van der Waals surface area contributed by atoms with E-state index in [2.05, 4.69) is 15.9 Å². The first-order valence-electron chi connectivity index (χ1n) is 3.18. The first kappa shape index (κ1) is 10.1. The van der Waals surface area contributed by atoms with Gasteiger partial charge in [0.1, 0.15) is 5.82 Å². The third kappa shape index (κ3) is 2.04. The molecule has 0 aliphatic rings. The van der Waals surface area contributed by atoms with E-state index in [1.807, 2.05) is 22.6 Å². The van der Waals surface area contributed by atoms with Gasteiger partial charge in [0.05, 0.1) is 0 Å². The van der Waals surface area contributed by atoms with Gasteiger partial charge < -0.3 is 0 Å². The maximum absolute atomic E-state index is 12.9. The number of rotatable bonds is 1. The van der Waals surface area contributed by atoms with Crippen molar-refractivity contribution in [1.29, 1.82) is 0 Å². The van der Waals surface area contributed by atoms with Gasteiger partial charge in [-0.2, -0.15) is 0 Å². The molecule has 0 amide bonds. The van der Waals surface area contributed by atoms with E-state index in [0.29, 0.717) is 13.6 Å². The van der Waals surface area contributed by atoms with Crippen molar-refractivity contribution in [3.63, 3.8) is 0 Å². The second-order valence-corrected chi connectivity index (χ2v) is 4.32. The molecule has 64 valence electrons. The third-order valence-electron chi connectivity index (χ3n) is 1.39. The molecular formula is C8H5BrFIO. The first-order chi connectivity index (χ1) is 5.52. The predicted molar refractivity (Wildman–Crippen MR) is 56.8 cm³/mol. The number of carbonyl (C=O) groups is 1. The van der Waals surface area contributed by atoms with E-state index >= 15 is 0 Å². The Balaban J connectivity index is 3.33. The molecule has 1 rings (SSSR count). The van der Waals surface area contributed by atoms with E-state index in [-0.39, 0.29) is 11.6 Å². The van der Waals surface area contributed by atoms with Gasteiger partial charge in [-0.1, -0.05) is 0 Å². The fourth-order valence-corrected chi connectivity index (χ4v) is 1.85. The summed E-state index contributed by atoms with van der Waals surface area (Å²) in [4.78, 5) is 11.0. The van der Waals surface area contributed by atoms with Crippen LogP contribution in [0, 0.1) is 9.39 Å². The molecule has 1 nitrogen and oxygen atoms in total.